The molecule has 5 heteroatoms. The Labute approximate surface area is 95.2 Å². The van der Waals surface area contributed by atoms with Crippen molar-refractivity contribution in [3.05, 3.63) is 0 Å². The zero-order valence-corrected chi connectivity index (χ0v) is 10.1. The molecule has 0 aromatic carbocycles. The SMILES string of the molecule is CC1CN(CC(Cl)C(=O)O)CC(C)(C)O1. The summed E-state index contributed by atoms with van der Waals surface area (Å²) in [6, 6.07) is 0. The molecule has 0 aromatic rings. The molecule has 15 heavy (non-hydrogen) atoms. The van der Waals surface area contributed by atoms with Crippen molar-refractivity contribution >= 4 is 17.6 Å². The molecule has 1 aliphatic rings. The molecule has 0 aromatic heterocycles. The Kier molecular flexibility index (Phi) is 3.98. The van der Waals surface area contributed by atoms with Crippen LogP contribution in [0, 0.1) is 0 Å². The van der Waals surface area contributed by atoms with Crippen LogP contribution in [0.3, 0.4) is 0 Å². The first-order valence-electron chi connectivity index (χ1n) is 5.07. The Morgan fingerprint density at radius 3 is 2.80 bits per heavy atom. The van der Waals surface area contributed by atoms with Crippen molar-refractivity contribution in [1.82, 2.24) is 4.90 Å². The fraction of sp³-hybridized carbons (Fsp3) is 0.900. The molecular weight excluding hydrogens is 218 g/mol. The summed E-state index contributed by atoms with van der Waals surface area (Å²) in [4.78, 5) is 12.7. The molecule has 0 aliphatic carbocycles. The third-order valence-corrected chi connectivity index (χ3v) is 2.65. The lowest BCUT2D eigenvalue weighted by atomic mass is 10.1. The first-order valence-corrected chi connectivity index (χ1v) is 5.51. The van der Waals surface area contributed by atoms with E-state index in [9.17, 15) is 4.79 Å². The molecule has 0 amide bonds. The van der Waals surface area contributed by atoms with Gasteiger partial charge in [-0.05, 0) is 20.8 Å². The molecule has 0 bridgehead atoms. The molecule has 0 saturated carbocycles. The van der Waals surface area contributed by atoms with E-state index in [0.29, 0.717) is 13.1 Å². The van der Waals surface area contributed by atoms with Crippen LogP contribution in [0.4, 0.5) is 0 Å². The predicted molar refractivity (Wildman–Crippen MR) is 58.3 cm³/mol. The Hall–Kier alpha value is -0.320. The van der Waals surface area contributed by atoms with E-state index in [1.807, 2.05) is 25.7 Å². The second-order valence-corrected chi connectivity index (χ2v) is 5.21. The minimum Gasteiger partial charge on any atom is -0.480 e. The number of hydrogen-bond donors (Lipinski definition) is 1. The lowest BCUT2D eigenvalue weighted by Gasteiger charge is -2.42. The van der Waals surface area contributed by atoms with Crippen molar-refractivity contribution < 1.29 is 14.6 Å². The topological polar surface area (TPSA) is 49.8 Å². The van der Waals surface area contributed by atoms with Gasteiger partial charge in [0.2, 0.25) is 0 Å². The third kappa shape index (κ3) is 3.97. The number of nitrogens with zero attached hydrogens (tertiary/aromatic N) is 1. The summed E-state index contributed by atoms with van der Waals surface area (Å²) in [5.41, 5.74) is -0.229. The summed E-state index contributed by atoms with van der Waals surface area (Å²) in [6.07, 6.45) is 0.117. The van der Waals surface area contributed by atoms with Gasteiger partial charge in [0.1, 0.15) is 5.38 Å². The van der Waals surface area contributed by atoms with Crippen LogP contribution < -0.4 is 0 Å². The minimum absolute atomic E-state index is 0.117. The van der Waals surface area contributed by atoms with Gasteiger partial charge in [-0.3, -0.25) is 9.69 Å². The highest BCUT2D eigenvalue weighted by Crippen LogP contribution is 2.21. The fourth-order valence-electron chi connectivity index (χ4n) is 2.03. The number of morpholine rings is 1. The molecule has 88 valence electrons. The average Bonchev–Trinajstić information content (AvgIpc) is 1.99. The Morgan fingerprint density at radius 2 is 2.33 bits per heavy atom. The zero-order valence-electron chi connectivity index (χ0n) is 9.36. The van der Waals surface area contributed by atoms with Gasteiger partial charge in [-0.15, -0.1) is 11.6 Å². The maximum absolute atomic E-state index is 10.6. The highest BCUT2D eigenvalue weighted by atomic mass is 35.5. The van der Waals surface area contributed by atoms with Crippen molar-refractivity contribution in [2.45, 2.75) is 37.9 Å². The van der Waals surface area contributed by atoms with E-state index in [1.54, 1.807) is 0 Å². The Bertz CT molecular complexity index is 245. The summed E-state index contributed by atoms with van der Waals surface area (Å²) in [5.74, 6) is -0.964. The van der Waals surface area contributed by atoms with Gasteiger partial charge >= 0.3 is 5.97 Å². The highest BCUT2D eigenvalue weighted by Gasteiger charge is 2.32. The van der Waals surface area contributed by atoms with E-state index in [4.69, 9.17) is 21.4 Å². The van der Waals surface area contributed by atoms with Crippen LogP contribution in [0.5, 0.6) is 0 Å². The van der Waals surface area contributed by atoms with Gasteiger partial charge in [0.15, 0.2) is 0 Å². The van der Waals surface area contributed by atoms with Gasteiger partial charge in [-0.1, -0.05) is 0 Å². The number of carbonyl (C=O) groups is 1. The molecule has 1 heterocycles. The molecule has 1 N–H and O–H groups in total. The standard InChI is InChI=1S/C10H18ClNO3/c1-7-4-12(5-8(11)9(13)14)6-10(2,3)15-7/h7-8H,4-6H2,1-3H3,(H,13,14). The van der Waals surface area contributed by atoms with Crippen molar-refractivity contribution in [3.8, 4) is 0 Å². The average molecular weight is 236 g/mol. The molecule has 1 saturated heterocycles. The van der Waals surface area contributed by atoms with E-state index in [1.165, 1.54) is 0 Å². The van der Waals surface area contributed by atoms with Gasteiger partial charge in [-0.2, -0.15) is 0 Å². The van der Waals surface area contributed by atoms with Gasteiger partial charge < -0.3 is 9.84 Å². The molecular formula is C10H18ClNO3. The number of hydrogen-bond acceptors (Lipinski definition) is 3. The molecule has 2 unspecified atom stereocenters. The number of ether oxygens (including phenoxy) is 1. The number of carboxylic acids is 1. The maximum atomic E-state index is 10.6. The number of carboxylic acid groups (broad SMARTS) is 1. The van der Waals surface area contributed by atoms with E-state index < -0.39 is 11.3 Å². The van der Waals surface area contributed by atoms with Crippen LogP contribution in [-0.2, 0) is 9.53 Å². The number of rotatable bonds is 3. The Balaban J connectivity index is 2.52. The lowest BCUT2D eigenvalue weighted by molar-refractivity contribution is -0.142. The summed E-state index contributed by atoms with van der Waals surface area (Å²) < 4.78 is 5.71. The monoisotopic (exact) mass is 235 g/mol. The van der Waals surface area contributed by atoms with Crippen LogP contribution in [0.25, 0.3) is 0 Å². The second-order valence-electron chi connectivity index (χ2n) is 4.69. The predicted octanol–water partition coefficient (Wildman–Crippen LogP) is 1.18. The largest absolute Gasteiger partial charge is 0.480 e. The van der Waals surface area contributed by atoms with Crippen LogP contribution in [0.1, 0.15) is 20.8 Å². The van der Waals surface area contributed by atoms with Crippen LogP contribution >= 0.6 is 11.6 Å². The van der Waals surface area contributed by atoms with Crippen molar-refractivity contribution in [3.63, 3.8) is 0 Å². The summed E-state index contributed by atoms with van der Waals surface area (Å²) in [7, 11) is 0. The molecule has 1 aliphatic heterocycles. The van der Waals surface area contributed by atoms with Crippen molar-refractivity contribution in [2.24, 2.45) is 0 Å². The number of halogens is 1. The summed E-state index contributed by atoms with van der Waals surface area (Å²) >= 11 is 5.71. The van der Waals surface area contributed by atoms with E-state index >= 15 is 0 Å². The van der Waals surface area contributed by atoms with Gasteiger partial charge in [0.25, 0.3) is 0 Å². The fourth-order valence-corrected chi connectivity index (χ4v) is 2.22. The first kappa shape index (κ1) is 12.7. The number of aliphatic carboxylic acids is 1. The molecule has 0 spiro atoms. The molecule has 2 atom stereocenters. The lowest BCUT2D eigenvalue weighted by Crippen LogP contribution is -2.53. The first-order chi connectivity index (χ1) is 6.80. The Morgan fingerprint density at radius 1 is 1.73 bits per heavy atom. The molecule has 0 radical (unpaired) electrons. The van der Waals surface area contributed by atoms with Crippen molar-refractivity contribution in [1.29, 1.82) is 0 Å². The van der Waals surface area contributed by atoms with Crippen LogP contribution in [0.15, 0.2) is 0 Å². The van der Waals surface area contributed by atoms with Crippen molar-refractivity contribution in [2.75, 3.05) is 19.6 Å². The van der Waals surface area contributed by atoms with E-state index in [0.717, 1.165) is 6.54 Å². The highest BCUT2D eigenvalue weighted by molar-refractivity contribution is 6.29. The number of alkyl halides is 1. The second kappa shape index (κ2) is 4.68. The normalized spacial score (nSPS) is 28.7. The minimum atomic E-state index is -0.964. The van der Waals surface area contributed by atoms with Crippen LogP contribution in [-0.4, -0.2) is 52.7 Å². The molecule has 4 nitrogen and oxygen atoms in total. The summed E-state index contributed by atoms with van der Waals surface area (Å²) in [5, 5.41) is 7.88. The quantitative estimate of drug-likeness (QED) is 0.747. The maximum Gasteiger partial charge on any atom is 0.322 e. The smallest absolute Gasteiger partial charge is 0.322 e. The van der Waals surface area contributed by atoms with Gasteiger partial charge in [0, 0.05) is 19.6 Å². The van der Waals surface area contributed by atoms with Gasteiger partial charge in [0.05, 0.1) is 11.7 Å². The molecule has 1 rings (SSSR count). The van der Waals surface area contributed by atoms with E-state index in [2.05, 4.69) is 0 Å². The van der Waals surface area contributed by atoms with E-state index in [-0.39, 0.29) is 11.7 Å². The summed E-state index contributed by atoms with van der Waals surface area (Å²) in [6.45, 7) is 7.80. The zero-order chi connectivity index (χ0) is 11.6. The molecule has 1 fully saturated rings. The van der Waals surface area contributed by atoms with Crippen LogP contribution in [0.2, 0.25) is 0 Å². The third-order valence-electron chi connectivity index (χ3n) is 2.33. The van der Waals surface area contributed by atoms with Gasteiger partial charge in [-0.25, -0.2) is 0 Å².